The van der Waals surface area contributed by atoms with Gasteiger partial charge in [-0.3, -0.25) is 19.9 Å². The molecule has 3 fully saturated rings. The molecule has 2 aromatic rings. The lowest BCUT2D eigenvalue weighted by molar-refractivity contribution is -0.139. The maximum absolute atomic E-state index is 13.6. The van der Waals surface area contributed by atoms with Crippen molar-refractivity contribution in [3.05, 3.63) is 59.9 Å². The van der Waals surface area contributed by atoms with Gasteiger partial charge >= 0.3 is 6.03 Å². The van der Waals surface area contributed by atoms with E-state index in [-0.39, 0.29) is 30.6 Å². The highest BCUT2D eigenvalue weighted by molar-refractivity contribution is 6.00. The fraction of sp³-hybridized carbons (Fsp3) is 0.417. The molecule has 33 heavy (non-hydrogen) atoms. The number of benzene rings is 2. The Labute approximate surface area is 192 Å². The molecule has 0 spiro atoms. The first-order chi connectivity index (χ1) is 15.9. The van der Waals surface area contributed by atoms with Crippen molar-refractivity contribution in [2.24, 2.45) is 5.92 Å². The van der Waals surface area contributed by atoms with Crippen molar-refractivity contribution in [1.29, 1.82) is 0 Å². The van der Waals surface area contributed by atoms with Gasteiger partial charge in [-0.05, 0) is 35.7 Å². The Morgan fingerprint density at radius 2 is 1.82 bits per heavy atom. The Kier molecular flexibility index (Phi) is 5.46. The zero-order chi connectivity index (χ0) is 23.3. The molecule has 5 rings (SSSR count). The van der Waals surface area contributed by atoms with Crippen LogP contribution in [0.15, 0.2) is 48.5 Å². The van der Waals surface area contributed by atoms with Crippen LogP contribution in [0.5, 0.6) is 5.75 Å². The molecular formula is C24H28FN5O3. The molecule has 3 amide bonds. The normalized spacial score (nSPS) is 27.6. The Bertz CT molecular complexity index is 1060. The number of nitrogens with one attached hydrogen (secondary N) is 1. The fourth-order valence-electron chi connectivity index (χ4n) is 5.19. The maximum Gasteiger partial charge on any atom is 0.328 e. The SMILES string of the molecule is COc1ccccc1N1CC(C)CN2C3C(=O)N(Cc4ccc(F)cc4)C(=O)N(C)C3NC12. The molecule has 174 valence electrons. The molecule has 2 aromatic carbocycles. The molecule has 4 unspecified atom stereocenters. The number of methoxy groups -OCH3 is 1. The number of likely N-dealkylation sites (N-methyl/N-ethyl adjacent to an activating group) is 1. The van der Waals surface area contributed by atoms with Gasteiger partial charge in [-0.1, -0.05) is 31.2 Å². The number of anilines is 1. The summed E-state index contributed by atoms with van der Waals surface area (Å²) in [7, 11) is 3.36. The van der Waals surface area contributed by atoms with E-state index in [1.54, 1.807) is 31.2 Å². The van der Waals surface area contributed by atoms with E-state index >= 15 is 0 Å². The van der Waals surface area contributed by atoms with Crippen molar-refractivity contribution in [2.45, 2.75) is 32.0 Å². The summed E-state index contributed by atoms with van der Waals surface area (Å²) in [6, 6.07) is 12.8. The monoisotopic (exact) mass is 453 g/mol. The average Bonchev–Trinajstić information content (AvgIpc) is 3.20. The number of ether oxygens (including phenoxy) is 1. The van der Waals surface area contributed by atoms with Gasteiger partial charge in [0.05, 0.1) is 19.3 Å². The van der Waals surface area contributed by atoms with Crippen molar-refractivity contribution in [3.63, 3.8) is 0 Å². The van der Waals surface area contributed by atoms with E-state index in [9.17, 15) is 14.0 Å². The summed E-state index contributed by atoms with van der Waals surface area (Å²) >= 11 is 0. The zero-order valence-electron chi connectivity index (χ0n) is 18.9. The molecule has 0 saturated carbocycles. The van der Waals surface area contributed by atoms with Crippen LogP contribution in [0.1, 0.15) is 12.5 Å². The van der Waals surface area contributed by atoms with Crippen LogP contribution in [0.4, 0.5) is 14.9 Å². The second-order valence-electron chi connectivity index (χ2n) is 9.00. The van der Waals surface area contributed by atoms with E-state index in [2.05, 4.69) is 22.0 Å². The fourth-order valence-corrected chi connectivity index (χ4v) is 5.19. The molecule has 0 aromatic heterocycles. The predicted molar refractivity (Wildman–Crippen MR) is 121 cm³/mol. The Morgan fingerprint density at radius 1 is 1.09 bits per heavy atom. The molecular weight excluding hydrogens is 425 g/mol. The van der Waals surface area contributed by atoms with Gasteiger partial charge in [0.15, 0.2) is 0 Å². The third kappa shape index (κ3) is 3.61. The first-order valence-corrected chi connectivity index (χ1v) is 11.1. The van der Waals surface area contributed by atoms with Crippen LogP contribution in [0.2, 0.25) is 0 Å². The van der Waals surface area contributed by atoms with E-state index < -0.39 is 12.2 Å². The maximum atomic E-state index is 13.6. The Hall–Kier alpha value is -3.17. The van der Waals surface area contributed by atoms with Crippen LogP contribution in [0, 0.1) is 11.7 Å². The number of rotatable bonds is 4. The van der Waals surface area contributed by atoms with Gasteiger partial charge in [0.25, 0.3) is 5.91 Å². The standard InChI is InChI=1S/C24H28FN5O3/c1-15-12-28(18-6-4-5-7-19(18)33-3)23-26-21-20(29(23)13-15)22(31)30(24(32)27(21)2)14-16-8-10-17(25)11-9-16/h4-11,15,20-21,23,26H,12-14H2,1-3H3. The van der Waals surface area contributed by atoms with Gasteiger partial charge in [-0.2, -0.15) is 0 Å². The molecule has 0 aliphatic carbocycles. The number of hydrogen-bond acceptors (Lipinski definition) is 6. The van der Waals surface area contributed by atoms with E-state index in [0.29, 0.717) is 11.5 Å². The van der Waals surface area contributed by atoms with Gasteiger partial charge < -0.3 is 14.5 Å². The van der Waals surface area contributed by atoms with Gasteiger partial charge in [0.2, 0.25) is 0 Å². The summed E-state index contributed by atoms with van der Waals surface area (Å²) in [5.74, 6) is 0.468. The van der Waals surface area contributed by atoms with E-state index in [4.69, 9.17) is 4.74 Å². The van der Waals surface area contributed by atoms with E-state index in [0.717, 1.165) is 24.5 Å². The van der Waals surface area contributed by atoms with Gasteiger partial charge in [0.1, 0.15) is 30.1 Å². The number of amides is 3. The third-order valence-corrected chi connectivity index (χ3v) is 6.73. The van der Waals surface area contributed by atoms with Crippen LogP contribution in [0.3, 0.4) is 0 Å². The summed E-state index contributed by atoms with van der Waals surface area (Å²) in [6.07, 6.45) is -0.695. The van der Waals surface area contributed by atoms with E-state index in [1.165, 1.54) is 17.0 Å². The second-order valence-corrected chi connectivity index (χ2v) is 9.00. The summed E-state index contributed by atoms with van der Waals surface area (Å²) in [5.41, 5.74) is 1.65. The average molecular weight is 454 g/mol. The number of halogens is 1. The summed E-state index contributed by atoms with van der Waals surface area (Å²) in [4.78, 5) is 34.0. The summed E-state index contributed by atoms with van der Waals surface area (Å²) < 4.78 is 18.9. The molecule has 0 bridgehead atoms. The molecule has 9 heteroatoms. The number of hydrogen-bond donors (Lipinski definition) is 1. The smallest absolute Gasteiger partial charge is 0.328 e. The Morgan fingerprint density at radius 3 is 2.55 bits per heavy atom. The Balaban J connectivity index is 1.47. The lowest BCUT2D eigenvalue weighted by Gasteiger charge is -2.46. The third-order valence-electron chi connectivity index (χ3n) is 6.73. The first kappa shape index (κ1) is 21.7. The van der Waals surface area contributed by atoms with Crippen molar-refractivity contribution in [2.75, 3.05) is 32.1 Å². The van der Waals surface area contributed by atoms with Crippen molar-refractivity contribution < 1.29 is 18.7 Å². The molecule has 4 atom stereocenters. The van der Waals surface area contributed by atoms with Crippen molar-refractivity contribution in [1.82, 2.24) is 20.0 Å². The number of imide groups is 1. The number of urea groups is 1. The quantitative estimate of drug-likeness (QED) is 0.766. The number of nitrogens with zero attached hydrogens (tertiary/aromatic N) is 4. The summed E-state index contributed by atoms with van der Waals surface area (Å²) in [6.45, 7) is 3.78. The number of carbonyl (C=O) groups is 2. The molecule has 3 heterocycles. The van der Waals surface area contributed by atoms with Crippen molar-refractivity contribution >= 4 is 17.6 Å². The highest BCUT2D eigenvalue weighted by atomic mass is 19.1. The zero-order valence-corrected chi connectivity index (χ0v) is 18.9. The van der Waals surface area contributed by atoms with Crippen LogP contribution >= 0.6 is 0 Å². The van der Waals surface area contributed by atoms with Crippen LogP contribution in [-0.4, -0.2) is 72.4 Å². The summed E-state index contributed by atoms with van der Waals surface area (Å²) in [5, 5.41) is 3.52. The van der Waals surface area contributed by atoms with Gasteiger partial charge in [-0.15, -0.1) is 0 Å². The molecule has 8 nitrogen and oxygen atoms in total. The minimum absolute atomic E-state index is 0.107. The van der Waals surface area contributed by atoms with Gasteiger partial charge in [-0.25, -0.2) is 9.18 Å². The first-order valence-electron chi connectivity index (χ1n) is 11.1. The highest BCUT2D eigenvalue weighted by Crippen LogP contribution is 2.37. The van der Waals surface area contributed by atoms with Crippen LogP contribution in [0.25, 0.3) is 0 Å². The number of carbonyl (C=O) groups excluding carboxylic acids is 2. The van der Waals surface area contributed by atoms with Gasteiger partial charge in [0, 0.05) is 20.1 Å². The van der Waals surface area contributed by atoms with Crippen LogP contribution < -0.4 is 15.0 Å². The topological polar surface area (TPSA) is 68.4 Å². The molecule has 3 aliphatic rings. The molecule has 0 radical (unpaired) electrons. The molecule has 3 aliphatic heterocycles. The number of fused-ring (bicyclic) bond motifs is 3. The molecule has 3 saturated heterocycles. The predicted octanol–water partition coefficient (Wildman–Crippen LogP) is 2.27. The highest BCUT2D eigenvalue weighted by Gasteiger charge is 2.56. The van der Waals surface area contributed by atoms with E-state index in [1.807, 2.05) is 24.3 Å². The molecule has 1 N–H and O–H groups in total. The van der Waals surface area contributed by atoms with Crippen LogP contribution in [-0.2, 0) is 11.3 Å². The lowest BCUT2D eigenvalue weighted by Crippen LogP contribution is -2.66. The second kappa shape index (κ2) is 8.31. The lowest BCUT2D eigenvalue weighted by atomic mass is 10.0. The number of para-hydroxylation sites is 2. The minimum atomic E-state index is -0.516. The largest absolute Gasteiger partial charge is 0.495 e. The minimum Gasteiger partial charge on any atom is -0.495 e. The van der Waals surface area contributed by atoms with Crippen molar-refractivity contribution in [3.8, 4) is 5.75 Å².